The Kier molecular flexibility index (Phi) is 11.0. The molecule has 6 nitrogen and oxygen atoms in total. The largest absolute Gasteiger partial charge is 0.379 e. The lowest BCUT2D eigenvalue weighted by atomic mass is 9.90. The van der Waals surface area contributed by atoms with Gasteiger partial charge in [0, 0.05) is 63.7 Å². The molecule has 0 aromatic heterocycles. The lowest BCUT2D eigenvalue weighted by Gasteiger charge is -2.30. The van der Waals surface area contributed by atoms with Gasteiger partial charge in [0.25, 0.3) is 0 Å². The Morgan fingerprint density at radius 1 is 0.732 bits per heavy atom. The first-order valence-corrected chi connectivity index (χ1v) is 15.5. The minimum atomic E-state index is 0.852. The molecule has 0 amide bonds. The smallest absolute Gasteiger partial charge is 0.199 e. The molecular formula is C35H47N4O2+. The molecule has 0 atom stereocenters. The molecule has 2 saturated heterocycles. The highest BCUT2D eigenvalue weighted by molar-refractivity contribution is 6.04. The molecule has 41 heavy (non-hydrogen) atoms. The highest BCUT2D eigenvalue weighted by Crippen LogP contribution is 2.31. The summed E-state index contributed by atoms with van der Waals surface area (Å²) in [5.74, 6) is 0. The second-order valence-corrected chi connectivity index (χ2v) is 10.9. The predicted molar refractivity (Wildman–Crippen MR) is 170 cm³/mol. The number of anilines is 1. The fourth-order valence-corrected chi connectivity index (χ4v) is 5.90. The zero-order valence-electron chi connectivity index (χ0n) is 25.0. The van der Waals surface area contributed by atoms with Crippen molar-refractivity contribution >= 4 is 17.0 Å². The van der Waals surface area contributed by atoms with Crippen molar-refractivity contribution in [1.29, 1.82) is 0 Å². The van der Waals surface area contributed by atoms with Crippen LogP contribution in [0, 0.1) is 0 Å². The normalized spacial score (nSPS) is 18.1. The molecule has 2 fully saturated rings. The van der Waals surface area contributed by atoms with Gasteiger partial charge in [0.1, 0.15) is 6.54 Å². The molecule has 6 heteroatoms. The topological polar surface area (TPSA) is 31.2 Å². The SMILES string of the molecule is CCN(CCN1CCOCC1)c1ccc(C(=C2C=CC(=[N+](CC)CCN3CCOCC3)C=C2)c2ccccc2)cc1. The fourth-order valence-electron chi connectivity index (χ4n) is 5.90. The predicted octanol–water partition coefficient (Wildman–Crippen LogP) is 4.58. The van der Waals surface area contributed by atoms with Gasteiger partial charge >= 0.3 is 0 Å². The van der Waals surface area contributed by atoms with Crippen LogP contribution in [0.15, 0.2) is 84.5 Å². The molecule has 5 rings (SSSR count). The van der Waals surface area contributed by atoms with Gasteiger partial charge in [-0.15, -0.1) is 0 Å². The van der Waals surface area contributed by atoms with E-state index in [1.54, 1.807) is 0 Å². The number of hydrogen-bond acceptors (Lipinski definition) is 5. The minimum Gasteiger partial charge on any atom is -0.379 e. The molecule has 218 valence electrons. The lowest BCUT2D eigenvalue weighted by molar-refractivity contribution is -0.523. The number of rotatable bonds is 11. The molecule has 2 heterocycles. The quantitative estimate of drug-likeness (QED) is 0.379. The molecule has 3 aliphatic rings. The van der Waals surface area contributed by atoms with Crippen LogP contribution in [0.4, 0.5) is 5.69 Å². The van der Waals surface area contributed by atoms with Crippen LogP contribution in [0.1, 0.15) is 25.0 Å². The summed E-state index contributed by atoms with van der Waals surface area (Å²) < 4.78 is 13.5. The summed E-state index contributed by atoms with van der Waals surface area (Å²) >= 11 is 0. The van der Waals surface area contributed by atoms with Crippen LogP contribution in [0.2, 0.25) is 0 Å². The lowest BCUT2D eigenvalue weighted by Crippen LogP contribution is -2.41. The Balaban J connectivity index is 1.34. The molecule has 0 saturated carbocycles. The molecule has 0 unspecified atom stereocenters. The van der Waals surface area contributed by atoms with Gasteiger partial charge in [-0.05, 0) is 60.4 Å². The van der Waals surface area contributed by atoms with E-state index in [4.69, 9.17) is 9.47 Å². The molecular weight excluding hydrogens is 508 g/mol. The minimum absolute atomic E-state index is 0.852. The van der Waals surface area contributed by atoms with Crippen LogP contribution >= 0.6 is 0 Å². The number of likely N-dealkylation sites (N-methyl/N-ethyl adjacent to an activating group) is 2. The maximum atomic E-state index is 5.52. The van der Waals surface area contributed by atoms with Crippen molar-refractivity contribution in [2.45, 2.75) is 13.8 Å². The number of ether oxygens (including phenoxy) is 2. The second kappa shape index (κ2) is 15.3. The molecule has 2 aliphatic heterocycles. The van der Waals surface area contributed by atoms with Crippen LogP contribution in [0.25, 0.3) is 5.57 Å². The highest BCUT2D eigenvalue weighted by Gasteiger charge is 2.18. The van der Waals surface area contributed by atoms with E-state index in [1.165, 1.54) is 33.7 Å². The fraction of sp³-hybridized carbons (Fsp3) is 0.457. The summed E-state index contributed by atoms with van der Waals surface area (Å²) in [4.78, 5) is 7.49. The maximum absolute atomic E-state index is 5.52. The van der Waals surface area contributed by atoms with Gasteiger partial charge in [-0.25, -0.2) is 4.58 Å². The highest BCUT2D eigenvalue weighted by atomic mass is 16.5. The average molecular weight is 556 g/mol. The number of benzene rings is 2. The molecule has 0 bridgehead atoms. The molecule has 0 N–H and O–H groups in total. The number of morpholine rings is 2. The van der Waals surface area contributed by atoms with Crippen molar-refractivity contribution < 1.29 is 14.0 Å². The van der Waals surface area contributed by atoms with E-state index in [0.717, 1.165) is 91.9 Å². The second-order valence-electron chi connectivity index (χ2n) is 10.9. The van der Waals surface area contributed by atoms with Gasteiger partial charge < -0.3 is 14.4 Å². The van der Waals surface area contributed by atoms with E-state index in [2.05, 4.69) is 112 Å². The molecule has 2 aromatic rings. The Hall–Kier alpha value is -3.03. The third kappa shape index (κ3) is 8.04. The first kappa shape index (κ1) is 29.5. The Morgan fingerprint density at radius 2 is 1.32 bits per heavy atom. The molecule has 0 spiro atoms. The van der Waals surface area contributed by atoms with Gasteiger partial charge in [-0.1, -0.05) is 42.5 Å². The van der Waals surface area contributed by atoms with Crippen molar-refractivity contribution in [2.75, 3.05) is 96.8 Å². The Labute approximate surface area is 246 Å². The summed E-state index contributed by atoms with van der Waals surface area (Å²) in [6, 6.07) is 20.0. The first-order chi connectivity index (χ1) is 20.2. The van der Waals surface area contributed by atoms with E-state index in [-0.39, 0.29) is 0 Å². The standard InChI is InChI=1S/C35H47N4O2/c1-3-38(20-18-36-22-26-40-27-23-36)33-14-10-31(11-15-33)35(30-8-6-5-7-9-30)32-12-16-34(17-13-32)39(4-2)21-19-37-24-28-41-29-25-37/h5-17H,3-4,18-29H2,1-2H3/q+1. The molecule has 1 aliphatic carbocycles. The summed E-state index contributed by atoms with van der Waals surface area (Å²) in [6.45, 7) is 18.3. The summed E-state index contributed by atoms with van der Waals surface area (Å²) in [5, 5.41) is 0. The number of hydrogen-bond donors (Lipinski definition) is 0. The van der Waals surface area contributed by atoms with Crippen molar-refractivity contribution in [3.63, 3.8) is 0 Å². The van der Waals surface area contributed by atoms with E-state index in [0.29, 0.717) is 0 Å². The van der Waals surface area contributed by atoms with Crippen molar-refractivity contribution in [1.82, 2.24) is 9.80 Å². The van der Waals surface area contributed by atoms with Crippen LogP contribution in [-0.2, 0) is 9.47 Å². The summed E-state index contributed by atoms with van der Waals surface area (Å²) in [7, 11) is 0. The first-order valence-electron chi connectivity index (χ1n) is 15.5. The van der Waals surface area contributed by atoms with Crippen LogP contribution < -0.4 is 4.90 Å². The zero-order valence-corrected chi connectivity index (χ0v) is 25.0. The van der Waals surface area contributed by atoms with Crippen molar-refractivity contribution in [3.05, 3.63) is 95.6 Å². The van der Waals surface area contributed by atoms with Gasteiger partial charge in [-0.2, -0.15) is 0 Å². The maximum Gasteiger partial charge on any atom is 0.199 e. The van der Waals surface area contributed by atoms with Crippen molar-refractivity contribution in [3.8, 4) is 0 Å². The molecule has 0 radical (unpaired) electrons. The number of allylic oxidation sites excluding steroid dienone is 5. The third-order valence-corrected chi connectivity index (χ3v) is 8.45. The average Bonchev–Trinajstić information content (AvgIpc) is 3.04. The van der Waals surface area contributed by atoms with E-state index in [1.807, 2.05) is 0 Å². The number of nitrogens with zero attached hydrogens (tertiary/aromatic N) is 4. The van der Waals surface area contributed by atoms with E-state index in [9.17, 15) is 0 Å². The van der Waals surface area contributed by atoms with Crippen LogP contribution in [0.3, 0.4) is 0 Å². The van der Waals surface area contributed by atoms with Gasteiger partial charge in [0.15, 0.2) is 12.3 Å². The van der Waals surface area contributed by atoms with Gasteiger partial charge in [0.05, 0.1) is 33.0 Å². The zero-order chi connectivity index (χ0) is 28.3. The van der Waals surface area contributed by atoms with E-state index >= 15 is 0 Å². The van der Waals surface area contributed by atoms with Crippen molar-refractivity contribution in [2.24, 2.45) is 0 Å². The monoisotopic (exact) mass is 555 g/mol. The van der Waals surface area contributed by atoms with E-state index < -0.39 is 0 Å². The molecule has 2 aromatic carbocycles. The Bertz CT molecular complexity index is 1200. The Morgan fingerprint density at radius 3 is 1.90 bits per heavy atom. The summed E-state index contributed by atoms with van der Waals surface area (Å²) in [6.07, 6.45) is 9.17. The van der Waals surface area contributed by atoms with Gasteiger partial charge in [-0.3, -0.25) is 9.80 Å². The summed E-state index contributed by atoms with van der Waals surface area (Å²) in [5.41, 5.74) is 7.58. The van der Waals surface area contributed by atoms with Crippen LogP contribution in [-0.4, -0.2) is 112 Å². The van der Waals surface area contributed by atoms with Gasteiger partial charge in [0.2, 0.25) is 0 Å². The third-order valence-electron chi connectivity index (χ3n) is 8.45. The van der Waals surface area contributed by atoms with Crippen LogP contribution in [0.5, 0.6) is 0 Å².